The van der Waals surface area contributed by atoms with Crippen LogP contribution in [0.15, 0.2) is 54.9 Å². The topological polar surface area (TPSA) is 102 Å². The van der Waals surface area contributed by atoms with Crippen molar-refractivity contribution < 1.29 is 14.2 Å². The summed E-state index contributed by atoms with van der Waals surface area (Å²) < 4.78 is 16.9. The van der Waals surface area contributed by atoms with Crippen LogP contribution >= 0.6 is 0 Å². The Morgan fingerprint density at radius 2 is 2.08 bits per heavy atom. The quantitative estimate of drug-likeness (QED) is 0.658. The summed E-state index contributed by atoms with van der Waals surface area (Å²) in [5, 5.41) is 11.1. The standard InChI is InChI=1S/C19H22N4O3/c20-8-7-18(21)14-1-6-19(23-11-14)26-17-4-2-16(3-5-17)25-13-15-12-24-10-9-22-15/h1-8,11,15,21-22H,9-10,12-13,20H2. The summed E-state index contributed by atoms with van der Waals surface area (Å²) in [6.45, 7) is 2.84. The Morgan fingerprint density at radius 3 is 2.73 bits per heavy atom. The Balaban J connectivity index is 1.52. The summed E-state index contributed by atoms with van der Waals surface area (Å²) in [5.74, 6) is 1.89. The molecule has 1 saturated heterocycles. The first-order valence-electron chi connectivity index (χ1n) is 8.39. The van der Waals surface area contributed by atoms with E-state index >= 15 is 0 Å². The van der Waals surface area contributed by atoms with Gasteiger partial charge in [-0.3, -0.25) is 0 Å². The first-order valence-corrected chi connectivity index (χ1v) is 8.39. The number of ether oxygens (including phenoxy) is 3. The normalized spacial score (nSPS) is 17.2. The van der Waals surface area contributed by atoms with Crippen molar-refractivity contribution in [1.29, 1.82) is 5.41 Å². The summed E-state index contributed by atoms with van der Waals surface area (Å²) >= 11 is 0. The van der Waals surface area contributed by atoms with Gasteiger partial charge in [-0.2, -0.15) is 0 Å². The van der Waals surface area contributed by atoms with Crippen molar-refractivity contribution in [2.75, 3.05) is 26.4 Å². The predicted octanol–water partition coefficient (Wildman–Crippen LogP) is 2.08. The minimum absolute atomic E-state index is 0.218. The molecule has 1 fully saturated rings. The lowest BCUT2D eigenvalue weighted by molar-refractivity contribution is 0.0592. The summed E-state index contributed by atoms with van der Waals surface area (Å²) in [4.78, 5) is 4.21. The van der Waals surface area contributed by atoms with E-state index in [9.17, 15) is 0 Å². The van der Waals surface area contributed by atoms with Gasteiger partial charge in [-0.05, 0) is 42.6 Å². The van der Waals surface area contributed by atoms with Crippen molar-refractivity contribution >= 4 is 5.71 Å². The number of rotatable bonds is 7. The molecule has 0 spiro atoms. The highest BCUT2D eigenvalue weighted by molar-refractivity contribution is 6.06. The van der Waals surface area contributed by atoms with Crippen LogP contribution in [-0.4, -0.2) is 43.1 Å². The van der Waals surface area contributed by atoms with Gasteiger partial charge in [0.1, 0.15) is 18.1 Å². The molecule has 0 aliphatic carbocycles. The lowest BCUT2D eigenvalue weighted by Gasteiger charge is -2.23. The highest BCUT2D eigenvalue weighted by Gasteiger charge is 2.13. The molecule has 7 nitrogen and oxygen atoms in total. The van der Waals surface area contributed by atoms with E-state index in [-0.39, 0.29) is 6.04 Å². The number of hydrogen-bond donors (Lipinski definition) is 3. The lowest BCUT2D eigenvalue weighted by atomic mass is 10.2. The molecule has 2 heterocycles. The molecule has 3 rings (SSSR count). The first-order chi connectivity index (χ1) is 12.7. The van der Waals surface area contributed by atoms with Gasteiger partial charge >= 0.3 is 0 Å². The zero-order valence-electron chi connectivity index (χ0n) is 14.4. The molecular weight excluding hydrogens is 332 g/mol. The molecule has 1 aliphatic rings. The van der Waals surface area contributed by atoms with E-state index in [2.05, 4.69) is 10.3 Å². The molecule has 2 aromatic rings. The Bertz CT molecular complexity index is 738. The number of nitrogens with two attached hydrogens (primary N) is 1. The number of nitrogens with one attached hydrogen (secondary N) is 2. The molecule has 1 atom stereocenters. The maximum absolute atomic E-state index is 7.78. The van der Waals surface area contributed by atoms with Gasteiger partial charge < -0.3 is 30.7 Å². The fourth-order valence-corrected chi connectivity index (χ4v) is 2.44. The van der Waals surface area contributed by atoms with Gasteiger partial charge in [0.25, 0.3) is 0 Å². The molecule has 1 aliphatic heterocycles. The van der Waals surface area contributed by atoms with E-state index in [0.29, 0.717) is 36.1 Å². The Morgan fingerprint density at radius 1 is 1.27 bits per heavy atom. The Kier molecular flexibility index (Phi) is 6.19. The average Bonchev–Trinajstić information content (AvgIpc) is 2.69. The summed E-state index contributed by atoms with van der Waals surface area (Å²) in [6.07, 6.45) is 4.41. The van der Waals surface area contributed by atoms with Crippen molar-refractivity contribution in [2.24, 2.45) is 5.73 Å². The average molecular weight is 354 g/mol. The highest BCUT2D eigenvalue weighted by Crippen LogP contribution is 2.22. The molecule has 1 aromatic carbocycles. The number of hydrogen-bond acceptors (Lipinski definition) is 7. The zero-order valence-corrected chi connectivity index (χ0v) is 14.4. The second-order valence-electron chi connectivity index (χ2n) is 5.77. The number of aromatic nitrogens is 1. The molecule has 7 heteroatoms. The third kappa shape index (κ3) is 5.05. The number of benzene rings is 1. The molecule has 4 N–H and O–H groups in total. The second-order valence-corrected chi connectivity index (χ2v) is 5.77. The van der Waals surface area contributed by atoms with Crippen LogP contribution in [0.1, 0.15) is 5.56 Å². The van der Waals surface area contributed by atoms with Crippen LogP contribution in [0.2, 0.25) is 0 Å². The Hall–Kier alpha value is -2.90. The largest absolute Gasteiger partial charge is 0.492 e. The third-order valence-corrected chi connectivity index (χ3v) is 3.81. The van der Waals surface area contributed by atoms with Gasteiger partial charge in [0.05, 0.1) is 25.0 Å². The first kappa shape index (κ1) is 17.9. The molecule has 0 radical (unpaired) electrons. The van der Waals surface area contributed by atoms with Crippen molar-refractivity contribution in [3.63, 3.8) is 0 Å². The zero-order chi connectivity index (χ0) is 18.2. The van der Waals surface area contributed by atoms with E-state index in [0.717, 1.165) is 18.9 Å². The van der Waals surface area contributed by atoms with Crippen LogP contribution in [0.5, 0.6) is 17.4 Å². The number of nitrogens with zero attached hydrogens (tertiary/aromatic N) is 1. The van der Waals surface area contributed by atoms with Crippen LogP contribution in [0, 0.1) is 5.41 Å². The Labute approximate surface area is 152 Å². The minimum Gasteiger partial charge on any atom is -0.492 e. The second kappa shape index (κ2) is 8.98. The van der Waals surface area contributed by atoms with Crippen molar-refractivity contribution in [3.05, 3.63) is 60.4 Å². The molecule has 26 heavy (non-hydrogen) atoms. The SMILES string of the molecule is N=C(C=CN)c1ccc(Oc2ccc(OCC3COCCN3)cc2)nc1. The van der Waals surface area contributed by atoms with Gasteiger partial charge in [-0.1, -0.05) is 0 Å². The van der Waals surface area contributed by atoms with E-state index in [4.69, 9.17) is 25.4 Å². The van der Waals surface area contributed by atoms with Crippen LogP contribution < -0.4 is 20.5 Å². The summed E-state index contributed by atoms with van der Waals surface area (Å²) in [5.41, 5.74) is 6.26. The number of pyridine rings is 1. The minimum atomic E-state index is 0.218. The summed E-state index contributed by atoms with van der Waals surface area (Å²) in [6, 6.07) is 11.1. The molecule has 0 amide bonds. The molecule has 0 bridgehead atoms. The van der Waals surface area contributed by atoms with Gasteiger partial charge in [0, 0.05) is 24.4 Å². The molecule has 136 valence electrons. The van der Waals surface area contributed by atoms with Crippen molar-refractivity contribution in [2.45, 2.75) is 6.04 Å². The molecular formula is C19H22N4O3. The third-order valence-electron chi connectivity index (χ3n) is 3.81. The van der Waals surface area contributed by atoms with Crippen molar-refractivity contribution in [1.82, 2.24) is 10.3 Å². The van der Waals surface area contributed by atoms with E-state index in [1.165, 1.54) is 12.3 Å². The molecule has 1 aromatic heterocycles. The predicted molar refractivity (Wildman–Crippen MR) is 99.0 cm³/mol. The fourth-order valence-electron chi connectivity index (χ4n) is 2.44. The molecule has 1 unspecified atom stereocenters. The molecule has 0 saturated carbocycles. The van der Waals surface area contributed by atoms with Gasteiger partial charge in [-0.25, -0.2) is 4.98 Å². The van der Waals surface area contributed by atoms with Crippen molar-refractivity contribution in [3.8, 4) is 17.4 Å². The monoisotopic (exact) mass is 354 g/mol. The van der Waals surface area contributed by atoms with Gasteiger partial charge in [0.15, 0.2) is 0 Å². The van der Waals surface area contributed by atoms with Gasteiger partial charge in [-0.15, -0.1) is 0 Å². The number of morpholine rings is 1. The maximum Gasteiger partial charge on any atom is 0.219 e. The smallest absolute Gasteiger partial charge is 0.219 e. The van der Waals surface area contributed by atoms with E-state index in [1.54, 1.807) is 18.3 Å². The summed E-state index contributed by atoms with van der Waals surface area (Å²) in [7, 11) is 0. The van der Waals surface area contributed by atoms with Gasteiger partial charge in [0.2, 0.25) is 5.88 Å². The van der Waals surface area contributed by atoms with Crippen LogP contribution in [-0.2, 0) is 4.74 Å². The number of allylic oxidation sites excluding steroid dienone is 1. The lowest BCUT2D eigenvalue weighted by Crippen LogP contribution is -2.44. The van der Waals surface area contributed by atoms with E-state index in [1.807, 2.05) is 24.3 Å². The van der Waals surface area contributed by atoms with Crippen LogP contribution in [0.4, 0.5) is 0 Å². The van der Waals surface area contributed by atoms with Crippen LogP contribution in [0.3, 0.4) is 0 Å². The fraction of sp³-hybridized carbons (Fsp3) is 0.263. The highest BCUT2D eigenvalue weighted by atomic mass is 16.5. The maximum atomic E-state index is 7.78. The van der Waals surface area contributed by atoms with Crippen LogP contribution in [0.25, 0.3) is 0 Å². The van der Waals surface area contributed by atoms with E-state index < -0.39 is 0 Å².